The lowest BCUT2D eigenvalue weighted by atomic mass is 10.1. The van der Waals surface area contributed by atoms with Crippen molar-refractivity contribution in [3.63, 3.8) is 0 Å². The zero-order valence-corrected chi connectivity index (χ0v) is 16.3. The van der Waals surface area contributed by atoms with E-state index in [1.54, 1.807) is 31.2 Å². The number of nitrogens with zero attached hydrogens (tertiary/aromatic N) is 2. The number of ketones is 1. The summed E-state index contributed by atoms with van der Waals surface area (Å²) in [5.41, 5.74) is 1.68. The van der Waals surface area contributed by atoms with E-state index >= 15 is 0 Å². The summed E-state index contributed by atoms with van der Waals surface area (Å²) in [6.07, 6.45) is 1.07. The van der Waals surface area contributed by atoms with E-state index in [4.69, 9.17) is 4.42 Å². The molecule has 140 valence electrons. The minimum Gasteiger partial charge on any atom is -0.411 e. The maximum absolute atomic E-state index is 12.6. The fraction of sp³-hybridized carbons (Fsp3) is 0.167. The van der Waals surface area contributed by atoms with Gasteiger partial charge in [-0.2, -0.15) is 0 Å². The third-order valence-corrected chi connectivity index (χ3v) is 5.09. The van der Waals surface area contributed by atoms with Gasteiger partial charge in [-0.15, -0.1) is 10.2 Å². The zero-order chi connectivity index (χ0) is 19.4. The standard InChI is InChI=1S/C18H17N3O4S2/c1-12(16(22)13-8-10-15(11-9-13)21-27(2,23)24)26-18-20-19-17(25-18)14-6-4-3-5-7-14/h3-12,21H,1-2H3. The van der Waals surface area contributed by atoms with E-state index in [1.807, 2.05) is 30.3 Å². The molecule has 0 bridgehead atoms. The van der Waals surface area contributed by atoms with E-state index in [9.17, 15) is 13.2 Å². The van der Waals surface area contributed by atoms with E-state index in [1.165, 1.54) is 11.8 Å². The first-order valence-corrected chi connectivity index (χ1v) is 10.8. The van der Waals surface area contributed by atoms with Gasteiger partial charge in [-0.3, -0.25) is 9.52 Å². The van der Waals surface area contributed by atoms with Gasteiger partial charge in [-0.05, 0) is 43.3 Å². The van der Waals surface area contributed by atoms with Gasteiger partial charge >= 0.3 is 0 Å². The van der Waals surface area contributed by atoms with Crippen LogP contribution in [0.15, 0.2) is 64.2 Å². The first-order chi connectivity index (χ1) is 12.8. The summed E-state index contributed by atoms with van der Waals surface area (Å²) in [5.74, 6) is 0.277. The molecule has 0 aliphatic rings. The number of hydrogen-bond acceptors (Lipinski definition) is 7. The van der Waals surface area contributed by atoms with E-state index in [0.29, 0.717) is 22.4 Å². The molecule has 0 radical (unpaired) electrons. The van der Waals surface area contributed by atoms with E-state index < -0.39 is 15.3 Å². The number of anilines is 1. The number of rotatable bonds is 7. The Hall–Kier alpha value is -2.65. The van der Waals surface area contributed by atoms with Crippen LogP contribution >= 0.6 is 11.8 Å². The molecule has 0 fully saturated rings. The van der Waals surface area contributed by atoms with Gasteiger partial charge in [0.2, 0.25) is 15.9 Å². The van der Waals surface area contributed by atoms with Crippen LogP contribution in [0.4, 0.5) is 5.69 Å². The molecule has 3 rings (SSSR count). The first-order valence-electron chi connectivity index (χ1n) is 7.99. The summed E-state index contributed by atoms with van der Waals surface area (Å²) >= 11 is 1.17. The van der Waals surface area contributed by atoms with Crippen molar-refractivity contribution in [1.82, 2.24) is 10.2 Å². The molecule has 0 saturated heterocycles. The summed E-state index contributed by atoms with van der Waals surface area (Å²) in [6, 6.07) is 15.6. The van der Waals surface area contributed by atoms with Crippen molar-refractivity contribution in [2.24, 2.45) is 0 Å². The van der Waals surface area contributed by atoms with Crippen molar-refractivity contribution < 1.29 is 17.6 Å². The van der Waals surface area contributed by atoms with Crippen LogP contribution in [-0.4, -0.2) is 35.9 Å². The minimum atomic E-state index is -3.35. The molecule has 9 heteroatoms. The topological polar surface area (TPSA) is 102 Å². The summed E-state index contributed by atoms with van der Waals surface area (Å²) in [4.78, 5) is 12.6. The number of thioether (sulfide) groups is 1. The second-order valence-corrected chi connectivity index (χ2v) is 8.86. The molecule has 1 N–H and O–H groups in total. The van der Waals surface area contributed by atoms with Crippen molar-refractivity contribution >= 4 is 33.3 Å². The average Bonchev–Trinajstić information content (AvgIpc) is 3.09. The molecule has 7 nitrogen and oxygen atoms in total. The average molecular weight is 403 g/mol. The van der Waals surface area contributed by atoms with Crippen LogP contribution in [0.25, 0.3) is 11.5 Å². The Labute approximate surface area is 161 Å². The van der Waals surface area contributed by atoms with Gasteiger partial charge < -0.3 is 4.42 Å². The molecule has 1 heterocycles. The third-order valence-electron chi connectivity index (χ3n) is 3.55. The van der Waals surface area contributed by atoms with Gasteiger partial charge in [0.25, 0.3) is 5.22 Å². The number of aromatic nitrogens is 2. The van der Waals surface area contributed by atoms with Crippen LogP contribution in [0.2, 0.25) is 0 Å². The van der Waals surface area contributed by atoms with Gasteiger partial charge in [0.05, 0.1) is 11.5 Å². The third kappa shape index (κ3) is 5.18. The Balaban J connectivity index is 1.66. The molecule has 0 amide bonds. The van der Waals surface area contributed by atoms with Crippen LogP contribution in [0.3, 0.4) is 0 Å². The molecule has 1 aromatic heterocycles. The lowest BCUT2D eigenvalue weighted by molar-refractivity contribution is 0.0993. The highest BCUT2D eigenvalue weighted by molar-refractivity contribution is 8.00. The Bertz CT molecular complexity index is 1030. The lowest BCUT2D eigenvalue weighted by Crippen LogP contribution is -2.14. The second-order valence-electron chi connectivity index (χ2n) is 5.82. The quantitative estimate of drug-likeness (QED) is 0.476. The van der Waals surface area contributed by atoms with E-state index in [0.717, 1.165) is 11.8 Å². The molecule has 0 spiro atoms. The number of Topliss-reactive ketones (excluding diaryl/α,β-unsaturated/α-hetero) is 1. The van der Waals surface area contributed by atoms with Gasteiger partial charge in [0.1, 0.15) is 0 Å². The predicted molar refractivity (Wildman–Crippen MR) is 104 cm³/mol. The summed E-state index contributed by atoms with van der Waals surface area (Å²) < 4.78 is 30.4. The highest BCUT2D eigenvalue weighted by atomic mass is 32.2. The molecule has 0 aliphatic heterocycles. The molecular weight excluding hydrogens is 386 g/mol. The Kier molecular flexibility index (Phi) is 5.62. The largest absolute Gasteiger partial charge is 0.411 e. The number of carbonyl (C=O) groups excluding carboxylic acids is 1. The fourth-order valence-electron chi connectivity index (χ4n) is 2.31. The van der Waals surface area contributed by atoms with Gasteiger partial charge in [-0.1, -0.05) is 30.0 Å². The Morgan fingerprint density at radius 3 is 2.37 bits per heavy atom. The molecule has 0 saturated carbocycles. The smallest absolute Gasteiger partial charge is 0.277 e. The van der Waals surface area contributed by atoms with Crippen molar-refractivity contribution in [1.29, 1.82) is 0 Å². The van der Waals surface area contributed by atoms with Crippen LogP contribution in [-0.2, 0) is 10.0 Å². The number of benzene rings is 2. The number of carbonyl (C=O) groups is 1. The number of hydrogen-bond donors (Lipinski definition) is 1. The summed E-state index contributed by atoms with van der Waals surface area (Å²) in [6.45, 7) is 1.75. The molecule has 2 aromatic carbocycles. The fourth-order valence-corrected chi connectivity index (χ4v) is 3.64. The maximum atomic E-state index is 12.6. The lowest BCUT2D eigenvalue weighted by Gasteiger charge is -2.09. The second kappa shape index (κ2) is 7.93. The highest BCUT2D eigenvalue weighted by Crippen LogP contribution is 2.28. The van der Waals surface area contributed by atoms with E-state index in [2.05, 4.69) is 14.9 Å². The van der Waals surface area contributed by atoms with Crippen LogP contribution in [0.1, 0.15) is 17.3 Å². The number of sulfonamides is 1. The van der Waals surface area contributed by atoms with E-state index in [-0.39, 0.29) is 5.78 Å². The Morgan fingerprint density at radius 1 is 1.07 bits per heavy atom. The van der Waals surface area contributed by atoms with Gasteiger partial charge in [0.15, 0.2) is 5.78 Å². The van der Waals surface area contributed by atoms with Gasteiger partial charge in [-0.25, -0.2) is 8.42 Å². The maximum Gasteiger partial charge on any atom is 0.277 e. The van der Waals surface area contributed by atoms with Crippen molar-refractivity contribution in [3.8, 4) is 11.5 Å². The molecule has 27 heavy (non-hydrogen) atoms. The molecular formula is C18H17N3O4S2. The molecule has 0 aliphatic carbocycles. The van der Waals surface area contributed by atoms with Gasteiger partial charge in [0, 0.05) is 16.8 Å². The van der Waals surface area contributed by atoms with Crippen molar-refractivity contribution in [2.75, 3.05) is 11.0 Å². The molecule has 1 unspecified atom stereocenters. The minimum absolute atomic E-state index is 0.120. The van der Waals surface area contributed by atoms with Crippen LogP contribution in [0.5, 0.6) is 0 Å². The molecule has 3 aromatic rings. The monoisotopic (exact) mass is 403 g/mol. The molecule has 1 atom stereocenters. The van der Waals surface area contributed by atoms with Crippen LogP contribution in [0, 0.1) is 0 Å². The predicted octanol–water partition coefficient (Wildman–Crippen LogP) is 3.47. The highest BCUT2D eigenvalue weighted by Gasteiger charge is 2.20. The SMILES string of the molecule is CC(Sc1nnc(-c2ccccc2)o1)C(=O)c1ccc(NS(C)(=O)=O)cc1. The zero-order valence-electron chi connectivity index (χ0n) is 14.6. The van der Waals surface area contributed by atoms with Crippen molar-refractivity contribution in [2.45, 2.75) is 17.4 Å². The van der Waals surface area contributed by atoms with Crippen molar-refractivity contribution in [3.05, 3.63) is 60.2 Å². The first kappa shape index (κ1) is 19.1. The normalized spacial score (nSPS) is 12.5. The number of nitrogens with one attached hydrogen (secondary N) is 1. The van der Waals surface area contributed by atoms with Crippen LogP contribution < -0.4 is 4.72 Å². The Morgan fingerprint density at radius 2 is 1.74 bits per heavy atom. The summed E-state index contributed by atoms with van der Waals surface area (Å²) in [7, 11) is -3.35. The summed E-state index contributed by atoms with van der Waals surface area (Å²) in [5, 5.41) is 7.85.